The second-order valence-corrected chi connectivity index (χ2v) is 18.1. The van der Waals surface area contributed by atoms with E-state index in [9.17, 15) is 0 Å². The molecule has 1 heteroatoms. The van der Waals surface area contributed by atoms with Gasteiger partial charge in [-0.05, 0) is 153 Å². The Morgan fingerprint density at radius 2 is 0.966 bits per heavy atom. The molecule has 1 fully saturated rings. The molecule has 0 amide bonds. The van der Waals surface area contributed by atoms with Gasteiger partial charge in [-0.3, -0.25) is 0 Å². The molecule has 0 N–H and O–H groups in total. The van der Waals surface area contributed by atoms with E-state index in [1.54, 1.807) is 0 Å². The number of hydrogen-bond acceptors (Lipinski definition) is 1. The van der Waals surface area contributed by atoms with Crippen LogP contribution in [0, 0.1) is 5.41 Å². The topological polar surface area (TPSA) is 3.24 Å². The first-order valence-corrected chi connectivity index (χ1v) is 21.4. The molecule has 11 aromatic carbocycles. The predicted octanol–water partition coefficient (Wildman–Crippen LogP) is 16.3. The van der Waals surface area contributed by atoms with Crippen molar-refractivity contribution < 1.29 is 0 Å². The van der Waals surface area contributed by atoms with E-state index in [1.165, 1.54) is 128 Å². The van der Waals surface area contributed by atoms with Gasteiger partial charge in [-0.15, -0.1) is 0 Å². The molecule has 0 bridgehead atoms. The van der Waals surface area contributed by atoms with Gasteiger partial charge >= 0.3 is 0 Å². The molecule has 0 radical (unpaired) electrons. The van der Waals surface area contributed by atoms with Crippen molar-refractivity contribution >= 4 is 76.0 Å². The van der Waals surface area contributed by atoms with Crippen LogP contribution in [0.2, 0.25) is 0 Å². The first kappa shape index (κ1) is 33.3. The van der Waals surface area contributed by atoms with Gasteiger partial charge in [0.15, 0.2) is 0 Å². The highest BCUT2D eigenvalue weighted by molar-refractivity contribution is 6.46. The van der Waals surface area contributed by atoms with Crippen molar-refractivity contribution in [3.8, 4) is 33.4 Å². The van der Waals surface area contributed by atoms with Crippen LogP contribution in [0.1, 0.15) is 45.1 Å². The molecule has 59 heavy (non-hydrogen) atoms. The fourth-order valence-electron chi connectivity index (χ4n) is 12.3. The van der Waals surface area contributed by atoms with Crippen molar-refractivity contribution in [2.45, 2.75) is 45.1 Å². The van der Waals surface area contributed by atoms with Crippen LogP contribution in [-0.2, 0) is 0 Å². The Balaban J connectivity index is 1.15. The van der Waals surface area contributed by atoms with Gasteiger partial charge in [-0.2, -0.15) is 0 Å². The minimum Gasteiger partial charge on any atom is -0.334 e. The zero-order valence-corrected chi connectivity index (χ0v) is 33.7. The smallest absolute Gasteiger partial charge is 0.0543 e. The molecular weight excluding hydrogens is 711 g/mol. The van der Waals surface area contributed by atoms with Crippen molar-refractivity contribution in [2.24, 2.45) is 5.41 Å². The van der Waals surface area contributed by atoms with Crippen molar-refractivity contribution in [3.63, 3.8) is 0 Å². The maximum atomic E-state index is 2.68. The van der Waals surface area contributed by atoms with Gasteiger partial charge in [0.1, 0.15) is 0 Å². The molecule has 1 nitrogen and oxygen atoms in total. The van der Waals surface area contributed by atoms with Crippen molar-refractivity contribution in [3.05, 3.63) is 181 Å². The summed E-state index contributed by atoms with van der Waals surface area (Å²) in [6, 6.07) is 66.6. The summed E-state index contributed by atoms with van der Waals surface area (Å²) < 4.78 is 0. The summed E-state index contributed by atoms with van der Waals surface area (Å²) in [6.45, 7) is 7.50. The summed E-state index contributed by atoms with van der Waals surface area (Å²) in [5.41, 5.74) is 12.1. The molecule has 1 saturated carbocycles. The fourth-order valence-corrected chi connectivity index (χ4v) is 12.3. The molecule has 11 aromatic rings. The number of hydrogen-bond donors (Lipinski definition) is 0. The third kappa shape index (κ3) is 4.20. The van der Waals surface area contributed by atoms with Crippen LogP contribution in [0.15, 0.2) is 176 Å². The summed E-state index contributed by atoms with van der Waals surface area (Å²) in [5.74, 6) is 0.463. The average Bonchev–Trinajstić information content (AvgIpc) is 3.95. The molecule has 2 aliphatic rings. The monoisotopic (exact) mass is 753 g/mol. The average molecular weight is 754 g/mol. The van der Waals surface area contributed by atoms with E-state index >= 15 is 0 Å². The minimum atomic E-state index is -0.00993. The van der Waals surface area contributed by atoms with Crippen LogP contribution in [0.3, 0.4) is 0 Å². The standard InChI is InChI=1S/C58H43N/c1-57(2)33-32-47-46-34-38(28-31-48(46)59(58(47,57)3)39-22-11-6-12-23-39)40-29-30-45-52-41(40)24-15-27-44(52)55-50(36-16-7-4-8-17-36)53-42-25-13-20-35-21-14-26-43(49(35)42)54(53)51(56(45)55)37-18-9-5-10-19-37/h4-31,34,47H,32-33H2,1-3H3. The Morgan fingerprint density at radius 3 is 1.58 bits per heavy atom. The van der Waals surface area contributed by atoms with Crippen LogP contribution in [0.5, 0.6) is 0 Å². The van der Waals surface area contributed by atoms with E-state index in [2.05, 4.69) is 202 Å². The molecule has 0 saturated heterocycles. The molecule has 1 heterocycles. The number of anilines is 2. The number of fused-ring (bicyclic) bond motifs is 9. The maximum Gasteiger partial charge on any atom is 0.0543 e. The Morgan fingerprint density at radius 1 is 0.441 bits per heavy atom. The van der Waals surface area contributed by atoms with Gasteiger partial charge in [-0.25, -0.2) is 0 Å². The Kier molecular flexibility index (Phi) is 6.60. The molecular formula is C58H43N. The van der Waals surface area contributed by atoms with E-state index in [1.807, 2.05) is 0 Å². The van der Waals surface area contributed by atoms with Crippen molar-refractivity contribution in [1.29, 1.82) is 0 Å². The lowest BCUT2D eigenvalue weighted by molar-refractivity contribution is 0.222. The molecule has 1 aliphatic heterocycles. The van der Waals surface area contributed by atoms with Gasteiger partial charge in [0, 0.05) is 17.3 Å². The van der Waals surface area contributed by atoms with Crippen LogP contribution < -0.4 is 4.90 Å². The van der Waals surface area contributed by atoms with Crippen LogP contribution in [0.25, 0.3) is 98.0 Å². The summed E-state index contributed by atoms with van der Waals surface area (Å²) in [6.07, 6.45) is 2.42. The zero-order chi connectivity index (χ0) is 39.2. The van der Waals surface area contributed by atoms with Gasteiger partial charge in [0.2, 0.25) is 0 Å². The predicted molar refractivity (Wildman–Crippen MR) is 253 cm³/mol. The lowest BCUT2D eigenvalue weighted by atomic mass is 9.72. The quantitative estimate of drug-likeness (QED) is 0.173. The Labute approximate surface area is 344 Å². The van der Waals surface area contributed by atoms with Gasteiger partial charge < -0.3 is 4.90 Å². The number of para-hydroxylation sites is 1. The second-order valence-electron chi connectivity index (χ2n) is 18.1. The van der Waals surface area contributed by atoms with E-state index in [-0.39, 0.29) is 11.0 Å². The normalized spacial score (nSPS) is 18.6. The molecule has 280 valence electrons. The van der Waals surface area contributed by atoms with Crippen LogP contribution in [0.4, 0.5) is 11.4 Å². The fraction of sp³-hybridized carbons (Fsp3) is 0.138. The molecule has 13 rings (SSSR count). The Bertz CT molecular complexity index is 3340. The summed E-state index contributed by atoms with van der Waals surface area (Å²) in [7, 11) is 0. The summed E-state index contributed by atoms with van der Waals surface area (Å²) in [5, 5.41) is 16.1. The first-order chi connectivity index (χ1) is 28.9. The highest BCUT2D eigenvalue weighted by Gasteiger charge is 2.60. The SMILES string of the molecule is CC1(C)CCC2c3cc(-c4ccc5c6c(-c7ccccc7)c7c8cccc9cccc(c7c(-c7ccccc7)c6c6cccc4c65)c98)ccc3N(c3ccccc3)C21C. The highest BCUT2D eigenvalue weighted by Crippen LogP contribution is 2.66. The van der Waals surface area contributed by atoms with Crippen LogP contribution >= 0.6 is 0 Å². The second kappa shape index (κ2) is 11.7. The molecule has 2 atom stereocenters. The van der Waals surface area contributed by atoms with Gasteiger partial charge in [0.25, 0.3) is 0 Å². The number of nitrogens with zero attached hydrogens (tertiary/aromatic N) is 1. The summed E-state index contributed by atoms with van der Waals surface area (Å²) in [4.78, 5) is 2.68. The van der Waals surface area contributed by atoms with E-state index in [4.69, 9.17) is 0 Å². The maximum absolute atomic E-state index is 2.68. The van der Waals surface area contributed by atoms with Crippen molar-refractivity contribution in [1.82, 2.24) is 0 Å². The molecule has 1 aliphatic carbocycles. The molecule has 0 aromatic heterocycles. The van der Waals surface area contributed by atoms with Gasteiger partial charge in [-0.1, -0.05) is 166 Å². The van der Waals surface area contributed by atoms with E-state index in [0.29, 0.717) is 5.92 Å². The van der Waals surface area contributed by atoms with E-state index < -0.39 is 0 Å². The summed E-state index contributed by atoms with van der Waals surface area (Å²) >= 11 is 0. The first-order valence-electron chi connectivity index (χ1n) is 21.4. The lowest BCUT2D eigenvalue weighted by Gasteiger charge is -2.47. The van der Waals surface area contributed by atoms with Crippen LogP contribution in [-0.4, -0.2) is 5.54 Å². The van der Waals surface area contributed by atoms with E-state index in [0.717, 1.165) is 0 Å². The number of benzene rings is 9. The molecule has 0 spiro atoms. The van der Waals surface area contributed by atoms with Crippen molar-refractivity contribution in [2.75, 3.05) is 4.90 Å². The lowest BCUT2D eigenvalue weighted by Crippen LogP contribution is -2.50. The third-order valence-corrected chi connectivity index (χ3v) is 15.2. The largest absolute Gasteiger partial charge is 0.334 e. The highest BCUT2D eigenvalue weighted by atomic mass is 15.3. The zero-order valence-electron chi connectivity index (χ0n) is 33.7. The number of rotatable bonds is 4. The van der Waals surface area contributed by atoms with Gasteiger partial charge in [0.05, 0.1) is 5.54 Å². The Hall–Kier alpha value is -6.70. The molecule has 2 unspecified atom stereocenters. The minimum absolute atomic E-state index is 0.00993. The third-order valence-electron chi connectivity index (χ3n) is 15.2.